The Morgan fingerprint density at radius 2 is 1.90 bits per heavy atom. The van der Waals surface area contributed by atoms with Crippen molar-refractivity contribution in [2.75, 3.05) is 25.0 Å². The molecular formula is C17H26Cl2N2. The second kappa shape index (κ2) is 7.71. The molecule has 1 unspecified atom stereocenters. The van der Waals surface area contributed by atoms with E-state index < -0.39 is 0 Å². The minimum atomic E-state index is 0.421. The van der Waals surface area contributed by atoms with E-state index in [0.717, 1.165) is 21.3 Å². The van der Waals surface area contributed by atoms with Gasteiger partial charge in [0, 0.05) is 11.1 Å². The molecule has 21 heavy (non-hydrogen) atoms. The molecular weight excluding hydrogens is 303 g/mol. The number of nitrogens with one attached hydrogen (secondary N) is 1. The van der Waals surface area contributed by atoms with Crippen LogP contribution in [-0.2, 0) is 0 Å². The first kappa shape index (κ1) is 16.9. The first-order valence-corrected chi connectivity index (χ1v) is 8.71. The van der Waals surface area contributed by atoms with E-state index in [1.165, 1.54) is 38.9 Å². The number of piperidine rings is 1. The predicted molar refractivity (Wildman–Crippen MR) is 93.7 cm³/mol. The number of rotatable bonds is 5. The molecule has 1 atom stereocenters. The quantitative estimate of drug-likeness (QED) is 0.796. The fourth-order valence-electron chi connectivity index (χ4n) is 3.11. The third-order valence-corrected chi connectivity index (χ3v) is 5.23. The molecule has 1 aliphatic heterocycles. The third-order valence-electron chi connectivity index (χ3n) is 4.51. The molecule has 1 aliphatic rings. The highest BCUT2D eigenvalue weighted by atomic mass is 35.5. The summed E-state index contributed by atoms with van der Waals surface area (Å²) >= 11 is 12.5. The molecule has 1 aromatic carbocycles. The van der Waals surface area contributed by atoms with Gasteiger partial charge in [0.05, 0.1) is 10.7 Å². The van der Waals surface area contributed by atoms with Crippen molar-refractivity contribution >= 4 is 28.9 Å². The lowest BCUT2D eigenvalue weighted by molar-refractivity contribution is 0.176. The highest BCUT2D eigenvalue weighted by molar-refractivity contribution is 6.35. The van der Waals surface area contributed by atoms with Gasteiger partial charge in [-0.15, -0.1) is 0 Å². The van der Waals surface area contributed by atoms with Gasteiger partial charge in [0.2, 0.25) is 0 Å². The van der Waals surface area contributed by atoms with Crippen LogP contribution in [0.5, 0.6) is 0 Å². The molecule has 0 saturated carbocycles. The van der Waals surface area contributed by atoms with Gasteiger partial charge in [-0.1, -0.05) is 30.1 Å². The van der Waals surface area contributed by atoms with Gasteiger partial charge in [-0.3, -0.25) is 0 Å². The van der Waals surface area contributed by atoms with Crippen molar-refractivity contribution in [2.45, 2.75) is 46.1 Å². The summed E-state index contributed by atoms with van der Waals surface area (Å²) < 4.78 is 0. The summed E-state index contributed by atoms with van der Waals surface area (Å²) in [5.74, 6) is 0.703. The van der Waals surface area contributed by atoms with Gasteiger partial charge in [-0.05, 0) is 76.4 Å². The van der Waals surface area contributed by atoms with Gasteiger partial charge < -0.3 is 10.2 Å². The Kier molecular flexibility index (Phi) is 6.21. The lowest BCUT2D eigenvalue weighted by Gasteiger charge is -2.35. The number of benzene rings is 1. The average molecular weight is 329 g/mol. The molecule has 2 nitrogen and oxygen atoms in total. The number of hydrogen-bond acceptors (Lipinski definition) is 2. The van der Waals surface area contributed by atoms with E-state index in [-0.39, 0.29) is 0 Å². The molecule has 4 heteroatoms. The molecule has 1 aromatic rings. The average Bonchev–Trinajstić information content (AvgIpc) is 2.46. The summed E-state index contributed by atoms with van der Waals surface area (Å²) in [6.45, 7) is 10.1. The van der Waals surface area contributed by atoms with Gasteiger partial charge in [0.15, 0.2) is 0 Å². The number of anilines is 1. The Morgan fingerprint density at radius 1 is 1.24 bits per heavy atom. The van der Waals surface area contributed by atoms with Gasteiger partial charge in [0.1, 0.15) is 0 Å². The van der Waals surface area contributed by atoms with Gasteiger partial charge >= 0.3 is 0 Å². The molecule has 2 rings (SSSR count). The Hall–Kier alpha value is -0.440. The molecule has 1 fully saturated rings. The molecule has 0 amide bonds. The molecule has 1 saturated heterocycles. The van der Waals surface area contributed by atoms with Crippen LogP contribution in [0, 0.1) is 12.8 Å². The maximum Gasteiger partial charge on any atom is 0.0641 e. The Morgan fingerprint density at radius 3 is 2.52 bits per heavy atom. The van der Waals surface area contributed by atoms with Crippen LogP contribution in [-0.4, -0.2) is 30.6 Å². The Bertz CT molecular complexity index is 468. The summed E-state index contributed by atoms with van der Waals surface area (Å²) in [6.07, 6.45) is 3.76. The SMILES string of the molecule is CCCN1CCC(C(C)Nc2cc(Cl)c(C)cc2Cl)CC1. The van der Waals surface area contributed by atoms with Crippen molar-refractivity contribution in [3.05, 3.63) is 27.7 Å². The van der Waals surface area contributed by atoms with Crippen LogP contribution >= 0.6 is 23.2 Å². The van der Waals surface area contributed by atoms with E-state index in [2.05, 4.69) is 24.1 Å². The normalized spacial score (nSPS) is 18.7. The molecule has 0 spiro atoms. The minimum absolute atomic E-state index is 0.421. The van der Waals surface area contributed by atoms with Crippen LogP contribution in [0.4, 0.5) is 5.69 Å². The van der Waals surface area contributed by atoms with Crippen molar-refractivity contribution in [2.24, 2.45) is 5.92 Å². The second-order valence-corrected chi connectivity index (χ2v) is 7.01. The third kappa shape index (κ3) is 4.51. The zero-order valence-electron chi connectivity index (χ0n) is 13.3. The van der Waals surface area contributed by atoms with E-state index in [1.54, 1.807) is 0 Å². The lowest BCUT2D eigenvalue weighted by atomic mass is 9.90. The second-order valence-electron chi connectivity index (χ2n) is 6.19. The summed E-state index contributed by atoms with van der Waals surface area (Å²) in [4.78, 5) is 2.57. The van der Waals surface area contributed by atoms with E-state index in [9.17, 15) is 0 Å². The zero-order valence-corrected chi connectivity index (χ0v) is 14.8. The standard InChI is InChI=1S/C17H26Cl2N2/c1-4-7-21-8-5-14(6-9-21)13(3)20-17-11-15(18)12(2)10-16(17)19/h10-11,13-14,20H,4-9H2,1-3H3. The molecule has 1 N–H and O–H groups in total. The van der Waals surface area contributed by atoms with Gasteiger partial charge in [-0.25, -0.2) is 0 Å². The van der Waals surface area contributed by atoms with E-state index in [4.69, 9.17) is 23.2 Å². The van der Waals surface area contributed by atoms with Gasteiger partial charge in [0.25, 0.3) is 0 Å². The minimum Gasteiger partial charge on any atom is -0.381 e. The fraction of sp³-hybridized carbons (Fsp3) is 0.647. The van der Waals surface area contributed by atoms with Crippen LogP contribution in [0.15, 0.2) is 12.1 Å². The number of halogens is 2. The lowest BCUT2D eigenvalue weighted by Crippen LogP contribution is -2.39. The van der Waals surface area contributed by atoms with Crippen molar-refractivity contribution < 1.29 is 0 Å². The predicted octanol–water partition coefficient (Wildman–Crippen LogP) is 5.22. The van der Waals surface area contributed by atoms with E-state index >= 15 is 0 Å². The first-order valence-electron chi connectivity index (χ1n) is 7.95. The van der Waals surface area contributed by atoms with Gasteiger partial charge in [-0.2, -0.15) is 0 Å². The Balaban J connectivity index is 1.93. The van der Waals surface area contributed by atoms with E-state index in [1.807, 2.05) is 19.1 Å². The van der Waals surface area contributed by atoms with Crippen molar-refractivity contribution in [3.8, 4) is 0 Å². The maximum atomic E-state index is 6.32. The first-order chi connectivity index (χ1) is 10.0. The largest absolute Gasteiger partial charge is 0.381 e. The number of aryl methyl sites for hydroxylation is 1. The fourth-order valence-corrected chi connectivity index (χ4v) is 3.55. The van der Waals surface area contributed by atoms with Crippen LogP contribution in [0.1, 0.15) is 38.7 Å². The summed E-state index contributed by atoms with van der Waals surface area (Å²) in [5.41, 5.74) is 1.98. The molecule has 1 heterocycles. The maximum absolute atomic E-state index is 6.32. The van der Waals surface area contributed by atoms with Crippen LogP contribution in [0.2, 0.25) is 10.0 Å². The zero-order chi connectivity index (χ0) is 15.4. The molecule has 0 aromatic heterocycles. The number of likely N-dealkylation sites (tertiary alicyclic amines) is 1. The van der Waals surface area contributed by atoms with Crippen molar-refractivity contribution in [1.82, 2.24) is 4.90 Å². The van der Waals surface area contributed by atoms with Crippen molar-refractivity contribution in [3.63, 3.8) is 0 Å². The highest BCUT2D eigenvalue weighted by Gasteiger charge is 2.23. The Labute approximate surface area is 138 Å². The monoisotopic (exact) mass is 328 g/mol. The van der Waals surface area contributed by atoms with Crippen LogP contribution < -0.4 is 5.32 Å². The summed E-state index contributed by atoms with van der Waals surface area (Å²) in [6, 6.07) is 4.30. The van der Waals surface area contributed by atoms with Crippen molar-refractivity contribution in [1.29, 1.82) is 0 Å². The summed E-state index contributed by atoms with van der Waals surface area (Å²) in [5, 5.41) is 5.09. The number of nitrogens with zero attached hydrogens (tertiary/aromatic N) is 1. The highest BCUT2D eigenvalue weighted by Crippen LogP contribution is 2.31. The molecule has 118 valence electrons. The van der Waals surface area contributed by atoms with Crippen LogP contribution in [0.25, 0.3) is 0 Å². The number of hydrogen-bond donors (Lipinski definition) is 1. The smallest absolute Gasteiger partial charge is 0.0641 e. The summed E-state index contributed by atoms with van der Waals surface area (Å²) in [7, 11) is 0. The topological polar surface area (TPSA) is 15.3 Å². The molecule has 0 bridgehead atoms. The molecule has 0 radical (unpaired) electrons. The molecule has 0 aliphatic carbocycles. The van der Waals surface area contributed by atoms with E-state index in [0.29, 0.717) is 12.0 Å². The van der Waals surface area contributed by atoms with Crippen LogP contribution in [0.3, 0.4) is 0 Å².